The Hall–Kier alpha value is -2.56. The van der Waals surface area contributed by atoms with Gasteiger partial charge in [0.15, 0.2) is 0 Å². The van der Waals surface area contributed by atoms with Gasteiger partial charge in [0.1, 0.15) is 12.7 Å². The molecule has 0 bridgehead atoms. The Labute approximate surface area is 238 Å². The summed E-state index contributed by atoms with van der Waals surface area (Å²) in [7, 11) is 0. The fraction of sp³-hybridized carbons (Fsp3) is 0.613. The van der Waals surface area contributed by atoms with Crippen LogP contribution >= 0.6 is 0 Å². The number of benzene rings is 1. The molecule has 1 aliphatic rings. The Morgan fingerprint density at radius 2 is 1.90 bits per heavy atom. The van der Waals surface area contributed by atoms with Crippen molar-refractivity contribution in [2.24, 2.45) is 11.8 Å². The van der Waals surface area contributed by atoms with E-state index in [1.165, 1.54) is 0 Å². The minimum Gasteiger partial charge on any atom is -0.460 e. The number of esters is 1. The highest BCUT2D eigenvalue weighted by atomic mass is 16.6. The van der Waals surface area contributed by atoms with E-state index >= 15 is 0 Å². The summed E-state index contributed by atoms with van der Waals surface area (Å²) in [6, 6.07) is 9.97. The van der Waals surface area contributed by atoms with Crippen LogP contribution in [0.2, 0.25) is 0 Å². The van der Waals surface area contributed by atoms with Gasteiger partial charge in [-0.1, -0.05) is 54.6 Å². The maximum atomic E-state index is 12.4. The van der Waals surface area contributed by atoms with E-state index in [1.54, 1.807) is 6.08 Å². The Balaban J connectivity index is 1.93. The van der Waals surface area contributed by atoms with Gasteiger partial charge in [-0.05, 0) is 44.6 Å². The first-order valence-corrected chi connectivity index (χ1v) is 14.4. The van der Waals surface area contributed by atoms with E-state index in [-0.39, 0.29) is 50.8 Å². The molecule has 0 aromatic heterocycles. The molecule has 0 heterocycles. The normalized spacial score (nSPS) is 21.7. The molecule has 2 rings (SSSR count). The number of aliphatic hydroxyl groups is 3. The van der Waals surface area contributed by atoms with Crippen LogP contribution in [0.5, 0.6) is 0 Å². The highest BCUT2D eigenvalue weighted by Crippen LogP contribution is 2.38. The minimum absolute atomic E-state index is 0.0417. The molecule has 1 amide bonds. The maximum Gasteiger partial charge on any atom is 0.332 e. The highest BCUT2D eigenvalue weighted by molar-refractivity contribution is 5.75. The summed E-state index contributed by atoms with van der Waals surface area (Å²) >= 11 is 0. The third kappa shape index (κ3) is 13.7. The number of carbonyl (C=O) groups excluding carboxylic acids is 2. The van der Waals surface area contributed by atoms with Gasteiger partial charge in [-0.15, -0.1) is 0 Å². The van der Waals surface area contributed by atoms with Crippen LogP contribution in [-0.2, 0) is 30.2 Å². The van der Waals surface area contributed by atoms with Crippen molar-refractivity contribution in [3.8, 4) is 0 Å². The van der Waals surface area contributed by atoms with Gasteiger partial charge in [-0.25, -0.2) is 4.79 Å². The van der Waals surface area contributed by atoms with E-state index in [9.17, 15) is 19.8 Å². The molecular formula is C31H47NO8. The molecule has 5 atom stereocenters. The lowest BCUT2D eigenvalue weighted by molar-refractivity contribution is -0.157. The van der Waals surface area contributed by atoms with Crippen molar-refractivity contribution in [1.29, 1.82) is 0 Å². The second-order valence-corrected chi connectivity index (χ2v) is 9.99. The number of unbranched alkanes of at least 4 members (excludes halogenated alkanes) is 1. The fourth-order valence-electron chi connectivity index (χ4n) is 4.81. The number of amides is 1. The maximum absolute atomic E-state index is 12.4. The standard InChI is InChI=1S/C31H47NO8/c1-2-32-30(36)13-9-4-3-8-12-27-26(17-16-25(34)15-14-24-10-6-5-7-11-24)28(35)22-29(27)40-31(37)23-39-21-20-38-19-18-33/h3,5-8,10-11,16-17,25-29,33-35H,2,4,9,12-15,18-23H2,1H3,(H,32,36)/b8-3-,17-16+/t25-,26+,27+,28+,29-/m0/s1. The van der Waals surface area contributed by atoms with Gasteiger partial charge in [-0.3, -0.25) is 4.79 Å². The van der Waals surface area contributed by atoms with E-state index in [4.69, 9.17) is 19.3 Å². The van der Waals surface area contributed by atoms with Crippen molar-refractivity contribution in [2.75, 3.05) is 39.6 Å². The van der Waals surface area contributed by atoms with Crippen molar-refractivity contribution in [3.05, 3.63) is 60.2 Å². The number of hydrogen-bond donors (Lipinski definition) is 4. The van der Waals surface area contributed by atoms with E-state index in [2.05, 4.69) is 5.32 Å². The van der Waals surface area contributed by atoms with Crippen LogP contribution in [0, 0.1) is 11.8 Å². The van der Waals surface area contributed by atoms with Gasteiger partial charge in [0.05, 0.1) is 38.6 Å². The number of allylic oxidation sites excluding steroid dienone is 2. The third-order valence-corrected chi connectivity index (χ3v) is 6.85. The molecule has 224 valence electrons. The fourth-order valence-corrected chi connectivity index (χ4v) is 4.81. The van der Waals surface area contributed by atoms with Gasteiger partial charge >= 0.3 is 5.97 Å². The molecule has 9 heteroatoms. The van der Waals surface area contributed by atoms with E-state index < -0.39 is 24.3 Å². The number of aliphatic hydroxyl groups excluding tert-OH is 3. The van der Waals surface area contributed by atoms with Crippen LogP contribution in [0.15, 0.2) is 54.6 Å². The molecular weight excluding hydrogens is 514 g/mol. The lowest BCUT2D eigenvalue weighted by atomic mass is 9.89. The third-order valence-electron chi connectivity index (χ3n) is 6.85. The number of nitrogens with one attached hydrogen (secondary N) is 1. The topological polar surface area (TPSA) is 135 Å². The van der Waals surface area contributed by atoms with Crippen molar-refractivity contribution in [2.45, 2.75) is 70.2 Å². The van der Waals surface area contributed by atoms with Crippen molar-refractivity contribution < 1.29 is 39.1 Å². The number of ether oxygens (including phenoxy) is 3. The minimum atomic E-state index is -0.709. The molecule has 1 aliphatic carbocycles. The first-order valence-electron chi connectivity index (χ1n) is 14.4. The zero-order chi connectivity index (χ0) is 29.0. The Morgan fingerprint density at radius 1 is 1.12 bits per heavy atom. The lowest BCUT2D eigenvalue weighted by Crippen LogP contribution is -2.27. The molecule has 4 N–H and O–H groups in total. The predicted molar refractivity (Wildman–Crippen MR) is 152 cm³/mol. The van der Waals surface area contributed by atoms with Crippen molar-refractivity contribution in [1.82, 2.24) is 5.32 Å². The Kier molecular flexibility index (Phi) is 17.1. The largest absolute Gasteiger partial charge is 0.460 e. The molecule has 40 heavy (non-hydrogen) atoms. The summed E-state index contributed by atoms with van der Waals surface area (Å²) in [4.78, 5) is 24.1. The number of aryl methyl sites for hydroxylation is 1. The molecule has 9 nitrogen and oxygen atoms in total. The summed E-state index contributed by atoms with van der Waals surface area (Å²) in [5, 5.41) is 32.9. The van der Waals surface area contributed by atoms with Crippen LogP contribution in [0.25, 0.3) is 0 Å². The monoisotopic (exact) mass is 561 g/mol. The molecule has 0 unspecified atom stereocenters. The first-order chi connectivity index (χ1) is 19.4. The van der Waals surface area contributed by atoms with Gasteiger partial charge in [0, 0.05) is 31.2 Å². The van der Waals surface area contributed by atoms with Gasteiger partial charge in [0.25, 0.3) is 0 Å². The average Bonchev–Trinajstić information content (AvgIpc) is 3.23. The van der Waals surface area contributed by atoms with Crippen LogP contribution < -0.4 is 5.32 Å². The Morgan fingerprint density at radius 3 is 2.65 bits per heavy atom. The first kappa shape index (κ1) is 33.6. The summed E-state index contributed by atoms with van der Waals surface area (Å²) in [6.07, 6.45) is 9.94. The van der Waals surface area contributed by atoms with Crippen LogP contribution in [0.4, 0.5) is 0 Å². The molecule has 1 fully saturated rings. The average molecular weight is 562 g/mol. The molecule has 1 aromatic carbocycles. The SMILES string of the molecule is CCNC(=O)CCC/C=C\C[C@@H]1[C@@H](/C=C/[C@@H](O)CCc2ccccc2)[C@H](O)C[C@@H]1OC(=O)COCCOCCO. The zero-order valence-corrected chi connectivity index (χ0v) is 23.7. The summed E-state index contributed by atoms with van der Waals surface area (Å²) < 4.78 is 16.1. The molecule has 1 aromatic rings. The molecule has 0 aliphatic heterocycles. The van der Waals surface area contributed by atoms with Crippen molar-refractivity contribution >= 4 is 11.9 Å². The van der Waals surface area contributed by atoms with Crippen LogP contribution in [0.3, 0.4) is 0 Å². The van der Waals surface area contributed by atoms with Crippen LogP contribution in [0.1, 0.15) is 51.0 Å². The second-order valence-electron chi connectivity index (χ2n) is 9.99. The summed E-state index contributed by atoms with van der Waals surface area (Å²) in [6.45, 7) is 2.90. The van der Waals surface area contributed by atoms with Gasteiger partial charge < -0.3 is 34.8 Å². The molecule has 1 saturated carbocycles. The van der Waals surface area contributed by atoms with E-state index in [1.807, 2.05) is 55.5 Å². The molecule has 0 radical (unpaired) electrons. The zero-order valence-electron chi connectivity index (χ0n) is 23.7. The second kappa shape index (κ2) is 20.3. The summed E-state index contributed by atoms with van der Waals surface area (Å²) in [5.41, 5.74) is 1.15. The number of rotatable bonds is 20. The van der Waals surface area contributed by atoms with Crippen LogP contribution in [-0.4, -0.2) is 85.1 Å². The smallest absolute Gasteiger partial charge is 0.332 e. The molecule has 0 spiro atoms. The van der Waals surface area contributed by atoms with Gasteiger partial charge in [-0.2, -0.15) is 0 Å². The van der Waals surface area contributed by atoms with E-state index in [0.717, 1.165) is 24.8 Å². The van der Waals surface area contributed by atoms with Gasteiger partial charge in [0.2, 0.25) is 5.91 Å². The highest BCUT2D eigenvalue weighted by Gasteiger charge is 2.42. The van der Waals surface area contributed by atoms with Crippen molar-refractivity contribution in [3.63, 3.8) is 0 Å². The Bertz CT molecular complexity index is 891. The number of carbonyl (C=O) groups is 2. The summed E-state index contributed by atoms with van der Waals surface area (Å²) in [5.74, 6) is -0.913. The quantitative estimate of drug-likeness (QED) is 0.108. The van der Waals surface area contributed by atoms with E-state index in [0.29, 0.717) is 32.2 Å². The molecule has 0 saturated heterocycles. The number of hydrogen-bond acceptors (Lipinski definition) is 8. The lowest BCUT2D eigenvalue weighted by Gasteiger charge is -2.23. The predicted octanol–water partition coefficient (Wildman–Crippen LogP) is 2.72.